The summed E-state index contributed by atoms with van der Waals surface area (Å²) in [4.78, 5) is 12.5. The van der Waals surface area contributed by atoms with Gasteiger partial charge in [-0.15, -0.1) is 0 Å². The van der Waals surface area contributed by atoms with Crippen LogP contribution in [0.5, 0.6) is 0 Å². The molecule has 2 aromatic carbocycles. The van der Waals surface area contributed by atoms with Crippen molar-refractivity contribution in [1.82, 2.24) is 5.32 Å². The van der Waals surface area contributed by atoms with Crippen molar-refractivity contribution in [3.8, 4) is 0 Å². The first-order chi connectivity index (χ1) is 17.2. The SMILES string of the molecule is Cc1cc(/C=C/C(c2cc(Cl)c(Cl)c(Cl)c2)C(F)(F)F)cc(F)c1C(=O)N[C@H](C)CS(=O)(=O)CC(F)(F)F. The molecule has 0 bridgehead atoms. The lowest BCUT2D eigenvalue weighted by atomic mass is 9.96. The van der Waals surface area contributed by atoms with Crippen molar-refractivity contribution in [1.29, 1.82) is 0 Å². The van der Waals surface area contributed by atoms with Crippen LogP contribution in [0.2, 0.25) is 15.1 Å². The molecule has 0 saturated carbocycles. The molecular formula is C23H19Cl3F7NO3S. The van der Waals surface area contributed by atoms with Gasteiger partial charge in [-0.1, -0.05) is 53.0 Å². The zero-order valence-corrected chi connectivity index (χ0v) is 22.5. The first-order valence-corrected chi connectivity index (χ1v) is 13.4. The molecule has 2 rings (SSSR count). The molecule has 210 valence electrons. The highest BCUT2D eigenvalue weighted by atomic mass is 35.5. The van der Waals surface area contributed by atoms with Gasteiger partial charge in [0.25, 0.3) is 5.91 Å². The van der Waals surface area contributed by atoms with Gasteiger partial charge in [0, 0.05) is 6.04 Å². The fourth-order valence-electron chi connectivity index (χ4n) is 3.55. The fourth-order valence-corrected chi connectivity index (χ4v) is 5.63. The molecule has 0 fully saturated rings. The molecule has 0 aliphatic heterocycles. The summed E-state index contributed by atoms with van der Waals surface area (Å²) in [6, 6.07) is 2.67. The zero-order valence-electron chi connectivity index (χ0n) is 19.4. The van der Waals surface area contributed by atoms with Crippen molar-refractivity contribution in [2.45, 2.75) is 38.2 Å². The number of amides is 1. The van der Waals surface area contributed by atoms with Gasteiger partial charge in [0.05, 0.1) is 32.3 Å². The number of aryl methyl sites for hydroxylation is 1. The summed E-state index contributed by atoms with van der Waals surface area (Å²) < 4.78 is 116. The molecule has 1 amide bonds. The van der Waals surface area contributed by atoms with E-state index < -0.39 is 62.9 Å². The van der Waals surface area contributed by atoms with E-state index in [9.17, 15) is 43.9 Å². The molecule has 2 aromatic rings. The van der Waals surface area contributed by atoms with Gasteiger partial charge in [0.15, 0.2) is 9.84 Å². The van der Waals surface area contributed by atoms with Crippen LogP contribution in [0.15, 0.2) is 30.3 Å². The van der Waals surface area contributed by atoms with Gasteiger partial charge in [0.2, 0.25) is 0 Å². The summed E-state index contributed by atoms with van der Waals surface area (Å²) in [7, 11) is -4.61. The van der Waals surface area contributed by atoms with Gasteiger partial charge < -0.3 is 5.32 Å². The van der Waals surface area contributed by atoms with Gasteiger partial charge >= 0.3 is 12.4 Å². The Morgan fingerprint density at radius 3 is 2.05 bits per heavy atom. The molecule has 15 heteroatoms. The van der Waals surface area contributed by atoms with Crippen LogP contribution in [-0.2, 0) is 9.84 Å². The van der Waals surface area contributed by atoms with Crippen LogP contribution in [0.4, 0.5) is 30.7 Å². The van der Waals surface area contributed by atoms with Gasteiger partial charge in [-0.25, -0.2) is 12.8 Å². The maximum Gasteiger partial charge on any atom is 0.402 e. The molecule has 38 heavy (non-hydrogen) atoms. The maximum absolute atomic E-state index is 14.8. The molecule has 0 aromatic heterocycles. The number of halogens is 10. The van der Waals surface area contributed by atoms with Crippen LogP contribution < -0.4 is 5.32 Å². The summed E-state index contributed by atoms with van der Waals surface area (Å²) in [5, 5.41) is 1.59. The van der Waals surface area contributed by atoms with Gasteiger partial charge in [-0.2, -0.15) is 26.3 Å². The van der Waals surface area contributed by atoms with E-state index in [4.69, 9.17) is 34.8 Å². The van der Waals surface area contributed by atoms with E-state index >= 15 is 0 Å². The smallest absolute Gasteiger partial charge is 0.348 e. The highest BCUT2D eigenvalue weighted by molar-refractivity contribution is 7.91. The van der Waals surface area contributed by atoms with Crippen LogP contribution in [0.3, 0.4) is 0 Å². The number of rotatable bonds is 8. The minimum atomic E-state index is -4.97. The predicted molar refractivity (Wildman–Crippen MR) is 132 cm³/mol. The number of allylic oxidation sites excluding steroid dienone is 1. The second-order valence-corrected chi connectivity index (χ2v) is 11.7. The minimum absolute atomic E-state index is 0.0198. The summed E-state index contributed by atoms with van der Waals surface area (Å²) in [5.41, 5.74) is -0.937. The van der Waals surface area contributed by atoms with Crippen molar-refractivity contribution in [2.24, 2.45) is 0 Å². The van der Waals surface area contributed by atoms with Crippen LogP contribution in [0.1, 0.15) is 39.9 Å². The molecular weight excluding hydrogens is 610 g/mol. The molecule has 0 saturated heterocycles. The molecule has 0 spiro atoms. The van der Waals surface area contributed by atoms with Crippen LogP contribution in [0, 0.1) is 12.7 Å². The number of carbonyl (C=O) groups excluding carboxylic acids is 1. The topological polar surface area (TPSA) is 63.2 Å². The largest absolute Gasteiger partial charge is 0.402 e. The number of sulfone groups is 1. The standard InChI is InChI=1S/C23H19Cl3F7NO3S/c1-11-5-13(3-4-15(23(31,32)33)14-7-16(24)20(26)17(25)8-14)6-18(27)19(11)21(35)34-12(2)9-38(36,37)10-22(28,29)30/h3-8,12,15H,9-10H2,1-2H3,(H,34,35)/b4-3+/t12-,15?/m1/s1. The molecule has 2 atom stereocenters. The summed E-state index contributed by atoms with van der Waals surface area (Å²) in [6.45, 7) is 2.41. The van der Waals surface area contributed by atoms with E-state index in [2.05, 4.69) is 5.32 Å². The van der Waals surface area contributed by atoms with Crippen molar-refractivity contribution >= 4 is 56.6 Å². The molecule has 1 N–H and O–H groups in total. The van der Waals surface area contributed by atoms with Crippen LogP contribution in [0.25, 0.3) is 6.08 Å². The number of alkyl halides is 6. The molecule has 0 heterocycles. The Morgan fingerprint density at radius 2 is 1.58 bits per heavy atom. The second-order valence-electron chi connectivity index (χ2n) is 8.42. The number of hydrogen-bond donors (Lipinski definition) is 1. The molecule has 0 radical (unpaired) electrons. The lowest BCUT2D eigenvalue weighted by molar-refractivity contribution is -0.139. The maximum atomic E-state index is 14.8. The monoisotopic (exact) mass is 627 g/mol. The first kappa shape index (κ1) is 32.2. The van der Waals surface area contributed by atoms with Crippen molar-refractivity contribution < 1.29 is 43.9 Å². The third-order valence-electron chi connectivity index (χ3n) is 5.00. The van der Waals surface area contributed by atoms with Crippen LogP contribution in [-0.4, -0.2) is 44.2 Å². The van der Waals surface area contributed by atoms with Gasteiger partial charge in [-0.05, 0) is 48.7 Å². The average Bonchev–Trinajstić information content (AvgIpc) is 2.67. The number of carbonyl (C=O) groups is 1. The van der Waals surface area contributed by atoms with E-state index in [-0.39, 0.29) is 31.8 Å². The highest BCUT2D eigenvalue weighted by Gasteiger charge is 2.39. The van der Waals surface area contributed by atoms with Gasteiger partial charge in [-0.3, -0.25) is 4.79 Å². The quantitative estimate of drug-likeness (QED) is 0.243. The lowest BCUT2D eigenvalue weighted by Gasteiger charge is -2.19. The Balaban J connectivity index is 2.28. The van der Waals surface area contributed by atoms with E-state index in [1.165, 1.54) is 13.0 Å². The average molecular weight is 629 g/mol. The summed E-state index contributed by atoms with van der Waals surface area (Å²) >= 11 is 17.5. The van der Waals surface area contributed by atoms with Crippen molar-refractivity contribution in [3.05, 3.63) is 73.5 Å². The second kappa shape index (κ2) is 12.0. The lowest BCUT2D eigenvalue weighted by Crippen LogP contribution is -2.40. The normalized spacial score (nSPS) is 14.5. The van der Waals surface area contributed by atoms with Crippen molar-refractivity contribution in [2.75, 3.05) is 11.5 Å². The minimum Gasteiger partial charge on any atom is -0.348 e. The Hall–Kier alpha value is -2.02. The van der Waals surface area contributed by atoms with E-state index in [1.807, 2.05) is 0 Å². The first-order valence-electron chi connectivity index (χ1n) is 10.5. The third kappa shape index (κ3) is 9.03. The summed E-state index contributed by atoms with van der Waals surface area (Å²) in [5.74, 6) is -7.57. The Kier molecular flexibility index (Phi) is 10.2. The van der Waals surface area contributed by atoms with Crippen molar-refractivity contribution in [3.63, 3.8) is 0 Å². The van der Waals surface area contributed by atoms with E-state index in [1.54, 1.807) is 0 Å². The molecule has 4 nitrogen and oxygen atoms in total. The van der Waals surface area contributed by atoms with Crippen LogP contribution >= 0.6 is 34.8 Å². The Bertz CT molecular complexity index is 1300. The number of nitrogens with one attached hydrogen (secondary N) is 1. The Morgan fingerprint density at radius 1 is 1.03 bits per heavy atom. The van der Waals surface area contributed by atoms with Gasteiger partial charge in [0.1, 0.15) is 11.6 Å². The Labute approximate surface area is 228 Å². The molecule has 0 aliphatic rings. The highest BCUT2D eigenvalue weighted by Crippen LogP contribution is 2.41. The third-order valence-corrected chi connectivity index (χ3v) is 7.97. The predicted octanol–water partition coefficient (Wildman–Crippen LogP) is 7.55. The molecule has 1 unspecified atom stereocenters. The number of benzene rings is 2. The van der Waals surface area contributed by atoms with E-state index in [0.717, 1.165) is 37.3 Å². The fraction of sp³-hybridized carbons (Fsp3) is 0.348. The summed E-state index contributed by atoms with van der Waals surface area (Å²) in [6.07, 6.45) is -8.05. The molecule has 0 aliphatic carbocycles. The van der Waals surface area contributed by atoms with E-state index in [0.29, 0.717) is 0 Å². The zero-order chi connectivity index (χ0) is 29.2. The number of hydrogen-bond acceptors (Lipinski definition) is 3.